The SMILES string of the molecule is C=C(C)CNc1nc(N)cc(N=C2CC(C3CC3)NN2)n1. The van der Waals surface area contributed by atoms with Gasteiger partial charge in [-0.2, -0.15) is 9.97 Å². The first-order valence-electron chi connectivity index (χ1n) is 7.22. The smallest absolute Gasteiger partial charge is 0.226 e. The highest BCUT2D eigenvalue weighted by atomic mass is 15.4. The van der Waals surface area contributed by atoms with Crippen LogP contribution in [0, 0.1) is 5.92 Å². The number of hydrogen-bond acceptors (Lipinski definition) is 6. The molecule has 1 aromatic rings. The van der Waals surface area contributed by atoms with Crippen molar-refractivity contribution >= 4 is 23.4 Å². The van der Waals surface area contributed by atoms with Crippen molar-refractivity contribution in [2.24, 2.45) is 10.9 Å². The molecule has 3 rings (SSSR count). The van der Waals surface area contributed by atoms with E-state index in [1.807, 2.05) is 6.92 Å². The van der Waals surface area contributed by atoms with Crippen molar-refractivity contribution < 1.29 is 0 Å². The minimum Gasteiger partial charge on any atom is -0.383 e. The van der Waals surface area contributed by atoms with E-state index in [-0.39, 0.29) is 0 Å². The van der Waals surface area contributed by atoms with Crippen molar-refractivity contribution in [2.45, 2.75) is 32.2 Å². The van der Waals surface area contributed by atoms with Gasteiger partial charge in [0, 0.05) is 25.1 Å². The van der Waals surface area contributed by atoms with E-state index in [9.17, 15) is 0 Å². The highest BCUT2D eigenvalue weighted by Gasteiger charge is 2.35. The van der Waals surface area contributed by atoms with E-state index in [0.29, 0.717) is 30.2 Å². The van der Waals surface area contributed by atoms with E-state index >= 15 is 0 Å². The predicted molar refractivity (Wildman–Crippen MR) is 84.2 cm³/mol. The van der Waals surface area contributed by atoms with Crippen molar-refractivity contribution in [3.05, 3.63) is 18.2 Å². The molecule has 0 aromatic carbocycles. The third-order valence-electron chi connectivity index (χ3n) is 3.54. The minimum absolute atomic E-state index is 0.401. The minimum atomic E-state index is 0.401. The van der Waals surface area contributed by atoms with Crippen molar-refractivity contribution in [1.82, 2.24) is 20.8 Å². The number of hydrazine groups is 1. The molecule has 1 saturated heterocycles. The normalized spacial score (nSPS) is 23.1. The van der Waals surface area contributed by atoms with Crippen LogP contribution in [0.3, 0.4) is 0 Å². The van der Waals surface area contributed by atoms with Gasteiger partial charge in [0.15, 0.2) is 5.82 Å². The summed E-state index contributed by atoms with van der Waals surface area (Å²) >= 11 is 0. The number of aromatic nitrogens is 2. The van der Waals surface area contributed by atoms with Gasteiger partial charge in [-0.15, -0.1) is 0 Å². The van der Waals surface area contributed by atoms with E-state index in [1.54, 1.807) is 6.07 Å². The zero-order valence-corrected chi connectivity index (χ0v) is 12.2. The Morgan fingerprint density at radius 2 is 2.33 bits per heavy atom. The largest absolute Gasteiger partial charge is 0.383 e. The number of anilines is 2. The molecule has 2 aliphatic rings. The standard InChI is InChI=1S/C14H21N7/c1-8(2)7-16-14-17-11(15)6-12(19-14)18-13-5-10(20-21-13)9-3-4-9/h6,9-10,20H,1,3-5,7H2,2H3,(H4,15,16,17,18,19,21). The van der Waals surface area contributed by atoms with Crippen LogP contribution in [0.15, 0.2) is 23.2 Å². The van der Waals surface area contributed by atoms with Crippen molar-refractivity contribution in [1.29, 1.82) is 0 Å². The number of rotatable bonds is 5. The van der Waals surface area contributed by atoms with E-state index in [1.165, 1.54) is 12.8 Å². The molecule has 7 nitrogen and oxygen atoms in total. The summed E-state index contributed by atoms with van der Waals surface area (Å²) in [6, 6.07) is 2.16. The Bertz CT molecular complexity index is 577. The number of nitrogens with two attached hydrogens (primary N) is 1. The lowest BCUT2D eigenvalue weighted by Gasteiger charge is -2.06. The second kappa shape index (κ2) is 5.69. The lowest BCUT2D eigenvalue weighted by atomic mass is 10.1. The van der Waals surface area contributed by atoms with Gasteiger partial charge < -0.3 is 16.5 Å². The van der Waals surface area contributed by atoms with Crippen molar-refractivity contribution in [3.63, 3.8) is 0 Å². The van der Waals surface area contributed by atoms with Gasteiger partial charge in [0.2, 0.25) is 5.95 Å². The van der Waals surface area contributed by atoms with Crippen LogP contribution >= 0.6 is 0 Å². The van der Waals surface area contributed by atoms with Crippen LogP contribution < -0.4 is 21.9 Å². The average molecular weight is 287 g/mol. The molecule has 1 aliphatic heterocycles. The molecule has 7 heteroatoms. The Balaban J connectivity index is 1.70. The number of aliphatic imine (C=N–C) groups is 1. The van der Waals surface area contributed by atoms with E-state index in [4.69, 9.17) is 5.73 Å². The summed E-state index contributed by atoms with van der Waals surface area (Å²) in [5.74, 6) is 3.12. The molecule has 5 N–H and O–H groups in total. The van der Waals surface area contributed by atoms with Crippen LogP contribution in [0.1, 0.15) is 26.2 Å². The molecule has 1 aliphatic carbocycles. The summed E-state index contributed by atoms with van der Waals surface area (Å²) in [6.07, 6.45) is 3.52. The molecular formula is C14H21N7. The van der Waals surface area contributed by atoms with Gasteiger partial charge in [-0.3, -0.25) is 0 Å². The molecule has 1 aromatic heterocycles. The summed E-state index contributed by atoms with van der Waals surface area (Å²) in [6.45, 7) is 6.38. The molecule has 1 saturated carbocycles. The van der Waals surface area contributed by atoms with Crippen LogP contribution in [0.2, 0.25) is 0 Å². The van der Waals surface area contributed by atoms with E-state index in [2.05, 4.69) is 37.7 Å². The lowest BCUT2D eigenvalue weighted by molar-refractivity contribution is 0.504. The number of nitrogens with zero attached hydrogens (tertiary/aromatic N) is 3. The average Bonchev–Trinajstić information content (AvgIpc) is 3.17. The van der Waals surface area contributed by atoms with E-state index < -0.39 is 0 Å². The Morgan fingerprint density at radius 1 is 1.52 bits per heavy atom. The molecule has 0 bridgehead atoms. The number of amidine groups is 1. The highest BCUT2D eigenvalue weighted by molar-refractivity contribution is 5.86. The molecule has 21 heavy (non-hydrogen) atoms. The van der Waals surface area contributed by atoms with Gasteiger partial charge in [-0.25, -0.2) is 10.4 Å². The highest BCUT2D eigenvalue weighted by Crippen LogP contribution is 2.35. The first-order chi connectivity index (χ1) is 10.1. The number of nitrogen functional groups attached to an aromatic ring is 1. The maximum atomic E-state index is 5.81. The van der Waals surface area contributed by atoms with Crippen LogP contribution in [-0.4, -0.2) is 28.4 Å². The van der Waals surface area contributed by atoms with Gasteiger partial charge in [-0.1, -0.05) is 12.2 Å². The molecule has 0 amide bonds. The lowest BCUT2D eigenvalue weighted by Crippen LogP contribution is -2.32. The van der Waals surface area contributed by atoms with Gasteiger partial charge in [0.1, 0.15) is 11.7 Å². The molecule has 2 heterocycles. The summed E-state index contributed by atoms with van der Waals surface area (Å²) in [4.78, 5) is 13.0. The Hall–Kier alpha value is -2.15. The van der Waals surface area contributed by atoms with Crippen LogP contribution in [0.25, 0.3) is 0 Å². The van der Waals surface area contributed by atoms with Crippen LogP contribution in [-0.2, 0) is 0 Å². The zero-order valence-electron chi connectivity index (χ0n) is 12.2. The van der Waals surface area contributed by atoms with Gasteiger partial charge in [-0.05, 0) is 25.7 Å². The maximum Gasteiger partial charge on any atom is 0.226 e. The monoisotopic (exact) mass is 287 g/mol. The molecule has 2 fully saturated rings. The third kappa shape index (κ3) is 3.69. The molecule has 112 valence electrons. The van der Waals surface area contributed by atoms with Crippen LogP contribution in [0.5, 0.6) is 0 Å². The second-order valence-electron chi connectivity index (χ2n) is 5.76. The quantitative estimate of drug-likeness (QED) is 0.610. The van der Waals surface area contributed by atoms with Gasteiger partial charge in [0.25, 0.3) is 0 Å². The topological polar surface area (TPSA) is 100 Å². The Morgan fingerprint density at radius 3 is 3.05 bits per heavy atom. The zero-order chi connectivity index (χ0) is 14.8. The number of hydrogen-bond donors (Lipinski definition) is 4. The van der Waals surface area contributed by atoms with Crippen LogP contribution in [0.4, 0.5) is 17.6 Å². The fourth-order valence-electron chi connectivity index (χ4n) is 2.30. The van der Waals surface area contributed by atoms with E-state index in [0.717, 1.165) is 23.7 Å². The molecular weight excluding hydrogens is 266 g/mol. The Kier molecular flexibility index (Phi) is 3.74. The Labute approximate surface area is 124 Å². The third-order valence-corrected chi connectivity index (χ3v) is 3.54. The van der Waals surface area contributed by atoms with Crippen molar-refractivity contribution in [3.8, 4) is 0 Å². The maximum absolute atomic E-state index is 5.81. The molecule has 0 spiro atoms. The summed E-state index contributed by atoms with van der Waals surface area (Å²) in [5, 5.41) is 3.08. The summed E-state index contributed by atoms with van der Waals surface area (Å²) in [5.41, 5.74) is 13.2. The summed E-state index contributed by atoms with van der Waals surface area (Å²) in [7, 11) is 0. The summed E-state index contributed by atoms with van der Waals surface area (Å²) < 4.78 is 0. The van der Waals surface area contributed by atoms with Gasteiger partial charge in [0.05, 0.1) is 0 Å². The van der Waals surface area contributed by atoms with Gasteiger partial charge >= 0.3 is 0 Å². The predicted octanol–water partition coefficient (Wildman–Crippen LogP) is 1.35. The first-order valence-corrected chi connectivity index (χ1v) is 7.22. The molecule has 1 atom stereocenters. The first kappa shape index (κ1) is 13.8. The molecule has 0 radical (unpaired) electrons. The molecule has 1 unspecified atom stereocenters. The fourth-order valence-corrected chi connectivity index (χ4v) is 2.30. The second-order valence-corrected chi connectivity index (χ2v) is 5.76. The number of nitrogens with one attached hydrogen (secondary N) is 3. The van der Waals surface area contributed by atoms with Crippen molar-refractivity contribution in [2.75, 3.05) is 17.6 Å². The fraction of sp³-hybridized carbons (Fsp3) is 0.500.